The van der Waals surface area contributed by atoms with Gasteiger partial charge in [-0.2, -0.15) is 0 Å². The van der Waals surface area contributed by atoms with Gasteiger partial charge in [-0.15, -0.1) is 0 Å². The van der Waals surface area contributed by atoms with Crippen LogP contribution >= 0.6 is 31.9 Å². The second kappa shape index (κ2) is 5.74. The molecule has 0 N–H and O–H groups in total. The molecule has 0 atom stereocenters. The third kappa shape index (κ3) is 2.34. The normalized spacial score (nSPS) is 13.3. The van der Waals surface area contributed by atoms with Crippen molar-refractivity contribution in [2.45, 2.75) is 6.92 Å². The third-order valence-corrected chi connectivity index (χ3v) is 4.65. The molecule has 3 heteroatoms. The largest absolute Gasteiger partial charge is 0.295 e. The van der Waals surface area contributed by atoms with E-state index in [4.69, 9.17) is 0 Å². The van der Waals surface area contributed by atoms with Gasteiger partial charge >= 0.3 is 0 Å². The van der Waals surface area contributed by atoms with Gasteiger partial charge < -0.3 is 0 Å². The lowest BCUT2D eigenvalue weighted by Gasteiger charge is -2.08. The Morgan fingerprint density at radius 1 is 0.857 bits per heavy atom. The van der Waals surface area contributed by atoms with E-state index in [0.717, 1.165) is 32.2 Å². The van der Waals surface area contributed by atoms with E-state index in [1.165, 1.54) is 5.39 Å². The molecule has 3 rings (SSSR count). The Hall–Kier alpha value is -1.45. The Morgan fingerprint density at radius 3 is 1.90 bits per heavy atom. The lowest BCUT2D eigenvalue weighted by molar-refractivity contribution is 0.101. The number of hydrogen-bond acceptors (Lipinski definition) is 1. The highest BCUT2D eigenvalue weighted by Gasteiger charge is 2.07. The Bertz CT molecular complexity index is 987. The minimum absolute atomic E-state index is 0.0787. The first-order valence-electron chi connectivity index (χ1n) is 6.53. The topological polar surface area (TPSA) is 17.1 Å². The van der Waals surface area contributed by atoms with Crippen molar-refractivity contribution >= 4 is 69.2 Å². The molecule has 0 aliphatic rings. The van der Waals surface area contributed by atoms with Crippen LogP contribution in [0, 0.1) is 0 Å². The molecular weight excluding hydrogens is 392 g/mol. The van der Waals surface area contributed by atoms with Crippen LogP contribution in [0.4, 0.5) is 0 Å². The van der Waals surface area contributed by atoms with Crippen molar-refractivity contribution in [2.24, 2.45) is 0 Å². The zero-order chi connectivity index (χ0) is 15.0. The fourth-order valence-corrected chi connectivity index (χ4v) is 3.69. The molecule has 0 aliphatic carbocycles. The van der Waals surface area contributed by atoms with Gasteiger partial charge in [-0.05, 0) is 54.9 Å². The highest BCUT2D eigenvalue weighted by molar-refractivity contribution is 9.14. The van der Waals surface area contributed by atoms with Crippen molar-refractivity contribution in [3.05, 3.63) is 58.5 Å². The van der Waals surface area contributed by atoms with E-state index in [1.807, 2.05) is 40.3 Å². The average Bonchev–Trinajstić information content (AvgIpc) is 2.51. The SMILES string of the molecule is CC(=O)c1ccc2c(=CBr)c3ccccc3c(=CBr)c2c1. The zero-order valence-electron chi connectivity index (χ0n) is 11.4. The number of carbonyl (C=O) groups excluding carboxylic acids is 1. The second-order valence-electron chi connectivity index (χ2n) is 4.91. The molecule has 21 heavy (non-hydrogen) atoms. The molecule has 0 saturated heterocycles. The Labute approximate surface area is 139 Å². The van der Waals surface area contributed by atoms with Crippen molar-refractivity contribution in [3.8, 4) is 0 Å². The number of hydrogen-bond donors (Lipinski definition) is 0. The van der Waals surface area contributed by atoms with E-state index >= 15 is 0 Å². The highest BCUT2D eigenvalue weighted by Crippen LogP contribution is 2.17. The van der Waals surface area contributed by atoms with Gasteiger partial charge in [0, 0.05) is 5.56 Å². The van der Waals surface area contributed by atoms with Crippen LogP contribution in [0.3, 0.4) is 0 Å². The molecular formula is C18H12Br2O. The maximum atomic E-state index is 11.7. The molecule has 0 radical (unpaired) electrons. The fraction of sp³-hybridized carbons (Fsp3) is 0.0556. The van der Waals surface area contributed by atoms with Crippen molar-refractivity contribution < 1.29 is 4.79 Å². The number of fused-ring (bicyclic) bond motifs is 2. The Balaban J connectivity index is 2.69. The number of Topliss-reactive ketones (excluding diaryl/α,β-unsaturated/α-hetero) is 1. The van der Waals surface area contributed by atoms with Gasteiger partial charge in [-0.3, -0.25) is 4.79 Å². The van der Waals surface area contributed by atoms with E-state index in [2.05, 4.69) is 44.0 Å². The van der Waals surface area contributed by atoms with Gasteiger partial charge in [0.2, 0.25) is 0 Å². The first-order chi connectivity index (χ1) is 10.2. The molecule has 0 aromatic heterocycles. The molecule has 3 aromatic rings. The maximum absolute atomic E-state index is 11.7. The van der Waals surface area contributed by atoms with Crippen LogP contribution < -0.4 is 10.4 Å². The van der Waals surface area contributed by atoms with Gasteiger partial charge in [0.15, 0.2) is 5.78 Å². The third-order valence-electron chi connectivity index (χ3n) is 3.73. The lowest BCUT2D eigenvalue weighted by atomic mass is 9.97. The molecule has 0 unspecified atom stereocenters. The van der Waals surface area contributed by atoms with Gasteiger partial charge in [-0.1, -0.05) is 68.3 Å². The molecule has 0 saturated carbocycles. The summed E-state index contributed by atoms with van der Waals surface area (Å²) in [6, 6.07) is 14.2. The summed E-state index contributed by atoms with van der Waals surface area (Å²) >= 11 is 6.96. The monoisotopic (exact) mass is 402 g/mol. The Kier molecular flexibility index (Phi) is 3.96. The summed E-state index contributed by atoms with van der Waals surface area (Å²) in [6.07, 6.45) is 0. The van der Waals surface area contributed by atoms with Crippen LogP contribution in [0.5, 0.6) is 0 Å². The van der Waals surface area contributed by atoms with Crippen molar-refractivity contribution in [2.75, 3.05) is 0 Å². The molecule has 0 heterocycles. The lowest BCUT2D eigenvalue weighted by Crippen LogP contribution is -2.14. The van der Waals surface area contributed by atoms with Crippen LogP contribution in [0.2, 0.25) is 0 Å². The summed E-state index contributed by atoms with van der Waals surface area (Å²) in [5.41, 5.74) is 0.730. The molecule has 3 aromatic carbocycles. The summed E-state index contributed by atoms with van der Waals surface area (Å²) in [4.78, 5) is 15.5. The molecule has 0 aliphatic heterocycles. The van der Waals surface area contributed by atoms with Crippen LogP contribution in [0.15, 0.2) is 42.5 Å². The van der Waals surface area contributed by atoms with Gasteiger partial charge in [0.25, 0.3) is 0 Å². The minimum atomic E-state index is 0.0787. The molecule has 0 spiro atoms. The van der Waals surface area contributed by atoms with Crippen LogP contribution in [0.25, 0.3) is 31.5 Å². The molecule has 104 valence electrons. The number of benzene rings is 3. The summed E-state index contributed by atoms with van der Waals surface area (Å²) in [5.74, 6) is 0.0787. The van der Waals surface area contributed by atoms with Crippen LogP contribution in [0.1, 0.15) is 17.3 Å². The summed E-state index contributed by atoms with van der Waals surface area (Å²) < 4.78 is 0. The summed E-state index contributed by atoms with van der Waals surface area (Å²) in [5, 5.41) is 6.78. The summed E-state index contributed by atoms with van der Waals surface area (Å²) in [6.45, 7) is 1.59. The van der Waals surface area contributed by atoms with Crippen molar-refractivity contribution in [1.29, 1.82) is 0 Å². The van der Waals surface area contributed by atoms with Crippen molar-refractivity contribution in [3.63, 3.8) is 0 Å². The fourth-order valence-electron chi connectivity index (χ4n) is 2.70. The van der Waals surface area contributed by atoms with Gasteiger partial charge in [-0.25, -0.2) is 0 Å². The number of ketones is 1. The first kappa shape index (κ1) is 14.5. The Morgan fingerprint density at radius 2 is 1.38 bits per heavy atom. The average molecular weight is 404 g/mol. The molecule has 1 nitrogen and oxygen atoms in total. The molecule has 0 fully saturated rings. The number of rotatable bonds is 1. The zero-order valence-corrected chi connectivity index (χ0v) is 14.5. The highest BCUT2D eigenvalue weighted by atomic mass is 79.9. The van der Waals surface area contributed by atoms with Crippen molar-refractivity contribution in [1.82, 2.24) is 0 Å². The van der Waals surface area contributed by atoms with E-state index in [1.54, 1.807) is 6.92 Å². The number of carbonyl (C=O) groups is 1. The summed E-state index contributed by atoms with van der Waals surface area (Å²) in [7, 11) is 0. The minimum Gasteiger partial charge on any atom is -0.295 e. The van der Waals surface area contributed by atoms with Crippen LogP contribution in [-0.2, 0) is 0 Å². The maximum Gasteiger partial charge on any atom is 0.159 e. The molecule has 0 bridgehead atoms. The quantitative estimate of drug-likeness (QED) is 0.433. The first-order valence-corrected chi connectivity index (χ1v) is 8.36. The smallest absolute Gasteiger partial charge is 0.159 e. The van der Waals surface area contributed by atoms with Gasteiger partial charge in [0.1, 0.15) is 0 Å². The predicted octanol–water partition coefficient (Wildman–Crippen LogP) is 4.46. The predicted molar refractivity (Wildman–Crippen MR) is 97.5 cm³/mol. The van der Waals surface area contributed by atoms with Crippen LogP contribution in [-0.4, -0.2) is 5.78 Å². The van der Waals surface area contributed by atoms with E-state index in [9.17, 15) is 4.79 Å². The number of halogens is 2. The standard InChI is InChI=1S/C18H12Br2O/c1-11(21)12-6-7-15-16(8-12)18(10-20)14-5-3-2-4-13(14)17(15)9-19/h2-10H,1H3. The van der Waals surface area contributed by atoms with Gasteiger partial charge in [0.05, 0.1) is 0 Å². The van der Waals surface area contributed by atoms with E-state index in [-0.39, 0.29) is 5.78 Å². The molecule has 0 amide bonds. The van der Waals surface area contributed by atoms with E-state index in [0.29, 0.717) is 0 Å². The van der Waals surface area contributed by atoms with E-state index < -0.39 is 0 Å². The second-order valence-corrected chi connectivity index (χ2v) is 5.82.